The summed E-state index contributed by atoms with van der Waals surface area (Å²) in [6.45, 7) is 0.999. The highest BCUT2D eigenvalue weighted by Crippen LogP contribution is 2.21. The normalized spacial score (nSPS) is 10.2. The van der Waals surface area contributed by atoms with Gasteiger partial charge in [0, 0.05) is 0 Å². The van der Waals surface area contributed by atoms with Crippen molar-refractivity contribution >= 4 is 0 Å². The summed E-state index contributed by atoms with van der Waals surface area (Å²) < 4.78 is 5.72. The van der Waals surface area contributed by atoms with E-state index in [0.717, 1.165) is 24.5 Å². The third kappa shape index (κ3) is 3.61. The molecule has 0 amide bonds. The predicted molar refractivity (Wildman–Crippen MR) is 70.6 cm³/mol. The van der Waals surface area contributed by atoms with E-state index in [-0.39, 0.29) is 0 Å². The molecule has 0 unspecified atom stereocenters. The van der Waals surface area contributed by atoms with Gasteiger partial charge in [0.05, 0.1) is 0 Å². The van der Waals surface area contributed by atoms with E-state index in [4.69, 9.17) is 4.74 Å². The van der Waals surface area contributed by atoms with E-state index in [1.807, 2.05) is 49.5 Å². The van der Waals surface area contributed by atoms with Crippen LogP contribution in [-0.4, -0.2) is 13.6 Å². The fraction of sp³-hybridized carbons (Fsp3) is 0.200. The molecule has 2 nitrogen and oxygen atoms in total. The number of para-hydroxylation sites is 1. The van der Waals surface area contributed by atoms with E-state index in [0.29, 0.717) is 0 Å². The number of nitrogens with one attached hydrogen (secondary N) is 1. The zero-order chi connectivity index (χ0) is 11.9. The van der Waals surface area contributed by atoms with Gasteiger partial charge in [0.2, 0.25) is 0 Å². The van der Waals surface area contributed by atoms with Gasteiger partial charge in [-0.1, -0.05) is 30.3 Å². The fourth-order valence-corrected chi connectivity index (χ4v) is 1.62. The summed E-state index contributed by atoms with van der Waals surface area (Å²) in [5.74, 6) is 1.75. The molecule has 17 heavy (non-hydrogen) atoms. The molecule has 1 N–H and O–H groups in total. The number of hydrogen-bond acceptors (Lipinski definition) is 2. The van der Waals surface area contributed by atoms with Crippen LogP contribution in [-0.2, 0) is 6.42 Å². The molecule has 2 heteroatoms. The lowest BCUT2D eigenvalue weighted by molar-refractivity contribution is 0.482. The van der Waals surface area contributed by atoms with E-state index in [9.17, 15) is 0 Å². The topological polar surface area (TPSA) is 21.3 Å². The van der Waals surface area contributed by atoms with Crippen LogP contribution in [0.3, 0.4) is 0 Å². The van der Waals surface area contributed by atoms with Crippen molar-refractivity contribution in [3.05, 3.63) is 60.2 Å². The molecule has 0 radical (unpaired) electrons. The molecule has 0 saturated carbocycles. The Morgan fingerprint density at radius 2 is 1.53 bits per heavy atom. The van der Waals surface area contributed by atoms with Crippen LogP contribution < -0.4 is 10.1 Å². The Kier molecular flexibility index (Phi) is 4.17. The van der Waals surface area contributed by atoms with E-state index in [1.54, 1.807) is 0 Å². The van der Waals surface area contributed by atoms with Gasteiger partial charge in [0.1, 0.15) is 11.5 Å². The van der Waals surface area contributed by atoms with Crippen molar-refractivity contribution in [1.29, 1.82) is 0 Å². The first-order valence-electron chi connectivity index (χ1n) is 5.85. The maximum Gasteiger partial charge on any atom is 0.127 e. The van der Waals surface area contributed by atoms with Gasteiger partial charge in [0.15, 0.2) is 0 Å². The summed E-state index contributed by atoms with van der Waals surface area (Å²) in [4.78, 5) is 0. The quantitative estimate of drug-likeness (QED) is 0.846. The Morgan fingerprint density at radius 1 is 0.882 bits per heavy atom. The van der Waals surface area contributed by atoms with Crippen molar-refractivity contribution in [3.8, 4) is 11.5 Å². The highest BCUT2D eigenvalue weighted by molar-refractivity contribution is 5.32. The summed E-state index contributed by atoms with van der Waals surface area (Å²) in [5.41, 5.74) is 1.32. The molecule has 0 aliphatic heterocycles. The molecular formula is C15H17NO. The summed E-state index contributed by atoms with van der Waals surface area (Å²) >= 11 is 0. The lowest BCUT2D eigenvalue weighted by Gasteiger charge is -2.06. The Morgan fingerprint density at radius 3 is 2.18 bits per heavy atom. The molecular weight excluding hydrogens is 210 g/mol. The second-order valence-corrected chi connectivity index (χ2v) is 3.91. The SMILES string of the molecule is CNCCc1ccc(Oc2ccccc2)cc1. The highest BCUT2D eigenvalue weighted by Gasteiger charge is 1.97. The Balaban J connectivity index is 1.98. The van der Waals surface area contributed by atoms with Gasteiger partial charge in [-0.25, -0.2) is 0 Å². The third-order valence-corrected chi connectivity index (χ3v) is 2.57. The zero-order valence-electron chi connectivity index (χ0n) is 10.0. The Labute approximate surface area is 102 Å². The van der Waals surface area contributed by atoms with E-state index >= 15 is 0 Å². The zero-order valence-corrected chi connectivity index (χ0v) is 10.0. The standard InChI is InChI=1S/C15H17NO/c1-16-12-11-13-7-9-15(10-8-13)17-14-5-3-2-4-6-14/h2-10,16H,11-12H2,1H3. The molecule has 88 valence electrons. The summed E-state index contributed by atoms with van der Waals surface area (Å²) in [5, 5.41) is 3.14. The van der Waals surface area contributed by atoms with Crippen LogP contribution in [0.25, 0.3) is 0 Å². The molecule has 0 aliphatic carbocycles. The average molecular weight is 227 g/mol. The molecule has 0 spiro atoms. The molecule has 2 rings (SSSR count). The third-order valence-electron chi connectivity index (χ3n) is 2.57. The minimum absolute atomic E-state index is 0.871. The minimum Gasteiger partial charge on any atom is -0.457 e. The number of ether oxygens (including phenoxy) is 1. The molecule has 0 bridgehead atoms. The fourth-order valence-electron chi connectivity index (χ4n) is 1.62. The monoisotopic (exact) mass is 227 g/mol. The first-order valence-corrected chi connectivity index (χ1v) is 5.85. The molecule has 0 aliphatic rings. The summed E-state index contributed by atoms with van der Waals surface area (Å²) in [6, 6.07) is 18.1. The van der Waals surface area contributed by atoms with Crippen LogP contribution in [0.15, 0.2) is 54.6 Å². The van der Waals surface area contributed by atoms with E-state index in [2.05, 4.69) is 17.4 Å². The predicted octanol–water partition coefficient (Wildman–Crippen LogP) is 3.24. The molecule has 0 atom stereocenters. The number of benzene rings is 2. The van der Waals surface area contributed by atoms with Crippen molar-refractivity contribution in [2.75, 3.05) is 13.6 Å². The van der Waals surface area contributed by atoms with Gasteiger partial charge in [-0.3, -0.25) is 0 Å². The van der Waals surface area contributed by atoms with Crippen molar-refractivity contribution in [1.82, 2.24) is 5.32 Å². The number of rotatable bonds is 5. The van der Waals surface area contributed by atoms with Gasteiger partial charge < -0.3 is 10.1 Å². The highest BCUT2D eigenvalue weighted by atomic mass is 16.5. The van der Waals surface area contributed by atoms with Crippen molar-refractivity contribution in [3.63, 3.8) is 0 Å². The van der Waals surface area contributed by atoms with Crippen molar-refractivity contribution in [2.24, 2.45) is 0 Å². The molecule has 0 heterocycles. The minimum atomic E-state index is 0.871. The molecule has 2 aromatic rings. The van der Waals surface area contributed by atoms with E-state index < -0.39 is 0 Å². The van der Waals surface area contributed by atoms with E-state index in [1.165, 1.54) is 5.56 Å². The van der Waals surface area contributed by atoms with Gasteiger partial charge >= 0.3 is 0 Å². The van der Waals surface area contributed by atoms with Crippen molar-refractivity contribution < 1.29 is 4.74 Å². The summed E-state index contributed by atoms with van der Waals surface area (Å²) in [6.07, 6.45) is 1.04. The maximum absolute atomic E-state index is 5.72. The number of hydrogen-bond donors (Lipinski definition) is 1. The second kappa shape index (κ2) is 6.06. The van der Waals surface area contributed by atoms with Gasteiger partial charge in [-0.15, -0.1) is 0 Å². The number of likely N-dealkylation sites (N-methyl/N-ethyl adjacent to an activating group) is 1. The maximum atomic E-state index is 5.72. The largest absolute Gasteiger partial charge is 0.457 e. The van der Waals surface area contributed by atoms with Gasteiger partial charge in [0.25, 0.3) is 0 Å². The van der Waals surface area contributed by atoms with Crippen LogP contribution in [0.1, 0.15) is 5.56 Å². The van der Waals surface area contributed by atoms with Gasteiger partial charge in [-0.05, 0) is 49.8 Å². The lowest BCUT2D eigenvalue weighted by Crippen LogP contribution is -2.10. The first kappa shape index (κ1) is 11.7. The smallest absolute Gasteiger partial charge is 0.127 e. The Bertz CT molecular complexity index is 436. The molecule has 0 saturated heterocycles. The van der Waals surface area contributed by atoms with Crippen molar-refractivity contribution in [2.45, 2.75) is 6.42 Å². The second-order valence-electron chi connectivity index (χ2n) is 3.91. The Hall–Kier alpha value is -1.80. The van der Waals surface area contributed by atoms with Gasteiger partial charge in [-0.2, -0.15) is 0 Å². The molecule has 0 fully saturated rings. The van der Waals surface area contributed by atoms with Crippen LogP contribution in [0.2, 0.25) is 0 Å². The van der Waals surface area contributed by atoms with Crippen LogP contribution in [0, 0.1) is 0 Å². The van der Waals surface area contributed by atoms with Crippen LogP contribution >= 0.6 is 0 Å². The van der Waals surface area contributed by atoms with Crippen LogP contribution in [0.4, 0.5) is 0 Å². The first-order chi connectivity index (χ1) is 8.38. The summed E-state index contributed by atoms with van der Waals surface area (Å²) in [7, 11) is 1.97. The average Bonchev–Trinajstić information content (AvgIpc) is 2.39. The lowest BCUT2D eigenvalue weighted by atomic mass is 10.1. The molecule has 2 aromatic carbocycles. The molecule has 0 aromatic heterocycles. The van der Waals surface area contributed by atoms with Crippen LogP contribution in [0.5, 0.6) is 11.5 Å².